The number of nitrogens with zero attached hydrogens (tertiary/aromatic N) is 1. The van der Waals surface area contributed by atoms with Crippen LogP contribution in [0.2, 0.25) is 0 Å². The lowest BCUT2D eigenvalue weighted by Crippen LogP contribution is -2.50. The van der Waals surface area contributed by atoms with E-state index in [1.807, 2.05) is 0 Å². The monoisotopic (exact) mass is 334 g/mol. The summed E-state index contributed by atoms with van der Waals surface area (Å²) in [6.45, 7) is 3.42. The Kier molecular flexibility index (Phi) is 5.49. The number of piperidine rings is 1. The molecule has 2 atom stereocenters. The molecule has 1 saturated carbocycles. The fraction of sp³-hybridized carbons (Fsp3) is 0.478. The summed E-state index contributed by atoms with van der Waals surface area (Å²) in [5.74, 6) is 0.597. The van der Waals surface area contributed by atoms with Gasteiger partial charge in [0.1, 0.15) is 0 Å². The molecule has 2 heteroatoms. The lowest BCUT2D eigenvalue weighted by molar-refractivity contribution is 0.160. The Hall–Kier alpha value is -1.64. The summed E-state index contributed by atoms with van der Waals surface area (Å²) in [6.07, 6.45) is 6.79. The molecule has 1 saturated heterocycles. The molecule has 0 bridgehead atoms. The highest BCUT2D eigenvalue weighted by Crippen LogP contribution is 2.30. The molecule has 0 aromatic heterocycles. The second-order valence-electron chi connectivity index (χ2n) is 7.78. The van der Waals surface area contributed by atoms with Gasteiger partial charge >= 0.3 is 0 Å². The van der Waals surface area contributed by atoms with Crippen molar-refractivity contribution in [2.24, 2.45) is 0 Å². The third-order valence-electron chi connectivity index (χ3n) is 5.98. The molecule has 0 unspecified atom stereocenters. The number of hydrogen-bond donors (Lipinski definition) is 1. The highest BCUT2D eigenvalue weighted by Gasteiger charge is 2.32. The molecule has 2 aliphatic rings. The summed E-state index contributed by atoms with van der Waals surface area (Å²) in [7, 11) is 0. The molecule has 1 N–H and O–H groups in total. The van der Waals surface area contributed by atoms with Crippen LogP contribution >= 0.6 is 0 Å². The Bertz CT molecular complexity index is 634. The molecule has 0 radical (unpaired) electrons. The van der Waals surface area contributed by atoms with Crippen molar-refractivity contribution in [3.8, 4) is 0 Å². The Morgan fingerprint density at radius 1 is 0.840 bits per heavy atom. The van der Waals surface area contributed by atoms with Crippen molar-refractivity contribution in [3.63, 3.8) is 0 Å². The second-order valence-corrected chi connectivity index (χ2v) is 7.78. The van der Waals surface area contributed by atoms with E-state index in [1.54, 1.807) is 0 Å². The van der Waals surface area contributed by atoms with Crippen molar-refractivity contribution in [2.45, 2.75) is 56.7 Å². The normalized spacial score (nSPS) is 25.3. The maximum Gasteiger partial charge on any atom is 0.0234 e. The van der Waals surface area contributed by atoms with Crippen LogP contribution in [-0.4, -0.2) is 30.1 Å². The molecule has 2 nitrogen and oxygen atoms in total. The van der Waals surface area contributed by atoms with Crippen molar-refractivity contribution in [3.05, 3.63) is 71.8 Å². The number of nitrogens with one attached hydrogen (secondary N) is 1. The summed E-state index contributed by atoms with van der Waals surface area (Å²) in [5, 5.41) is 4.02. The van der Waals surface area contributed by atoms with Crippen molar-refractivity contribution < 1.29 is 0 Å². The fourth-order valence-corrected chi connectivity index (χ4v) is 4.64. The smallest absolute Gasteiger partial charge is 0.0234 e. The van der Waals surface area contributed by atoms with Crippen LogP contribution in [0.5, 0.6) is 0 Å². The van der Waals surface area contributed by atoms with E-state index >= 15 is 0 Å². The molecule has 2 aromatic carbocycles. The van der Waals surface area contributed by atoms with Gasteiger partial charge in [-0.05, 0) is 30.4 Å². The highest BCUT2D eigenvalue weighted by atomic mass is 15.2. The zero-order chi connectivity index (χ0) is 16.9. The van der Waals surface area contributed by atoms with Gasteiger partial charge in [0.15, 0.2) is 0 Å². The lowest BCUT2D eigenvalue weighted by atomic mass is 9.85. The summed E-state index contributed by atoms with van der Waals surface area (Å²) in [4.78, 5) is 2.64. The van der Waals surface area contributed by atoms with Gasteiger partial charge < -0.3 is 5.32 Å². The van der Waals surface area contributed by atoms with E-state index in [-0.39, 0.29) is 0 Å². The standard InChI is InChI=1S/C23H30N2/c1-3-9-19(10-4-1)17-25-16-15-23(24-21-13-7-8-14-21)22(18-25)20-11-5-2-6-12-20/h1-6,9-12,21-24H,7-8,13-18H2/t22-,23+/m0/s1. The predicted octanol–water partition coefficient (Wildman–Crippen LogP) is 4.58. The van der Waals surface area contributed by atoms with Gasteiger partial charge in [0.2, 0.25) is 0 Å². The summed E-state index contributed by atoms with van der Waals surface area (Å²) >= 11 is 0. The zero-order valence-electron chi connectivity index (χ0n) is 15.1. The Labute approximate surface area is 152 Å². The minimum Gasteiger partial charge on any atom is -0.311 e. The van der Waals surface area contributed by atoms with Gasteiger partial charge in [0, 0.05) is 37.6 Å². The van der Waals surface area contributed by atoms with Gasteiger partial charge in [0.25, 0.3) is 0 Å². The molecular formula is C23H30N2. The first-order chi connectivity index (χ1) is 12.4. The van der Waals surface area contributed by atoms with Crippen LogP contribution < -0.4 is 5.32 Å². The van der Waals surface area contributed by atoms with E-state index in [0.29, 0.717) is 12.0 Å². The third-order valence-corrected chi connectivity index (χ3v) is 5.98. The maximum absolute atomic E-state index is 4.02. The topological polar surface area (TPSA) is 15.3 Å². The van der Waals surface area contributed by atoms with Crippen LogP contribution in [0.15, 0.2) is 60.7 Å². The van der Waals surface area contributed by atoms with E-state index in [0.717, 1.165) is 19.1 Å². The predicted molar refractivity (Wildman–Crippen MR) is 105 cm³/mol. The van der Waals surface area contributed by atoms with Crippen molar-refractivity contribution in [1.82, 2.24) is 10.2 Å². The van der Waals surface area contributed by atoms with Crippen molar-refractivity contribution in [1.29, 1.82) is 0 Å². The van der Waals surface area contributed by atoms with E-state index in [4.69, 9.17) is 0 Å². The van der Waals surface area contributed by atoms with Gasteiger partial charge in [-0.1, -0.05) is 73.5 Å². The first-order valence-electron chi connectivity index (χ1n) is 9.96. The fourth-order valence-electron chi connectivity index (χ4n) is 4.64. The SMILES string of the molecule is c1ccc(CN2CC[C@@H](NC3CCCC3)[C@H](c3ccccc3)C2)cc1. The Morgan fingerprint density at radius 3 is 2.24 bits per heavy atom. The summed E-state index contributed by atoms with van der Waals surface area (Å²) in [6, 6.07) is 23.4. The summed E-state index contributed by atoms with van der Waals surface area (Å²) < 4.78 is 0. The van der Waals surface area contributed by atoms with Crippen LogP contribution in [-0.2, 0) is 6.54 Å². The first-order valence-corrected chi connectivity index (χ1v) is 9.96. The van der Waals surface area contributed by atoms with E-state index in [1.165, 1.54) is 49.8 Å². The van der Waals surface area contributed by atoms with Crippen LogP contribution in [0.25, 0.3) is 0 Å². The van der Waals surface area contributed by atoms with Crippen LogP contribution in [0, 0.1) is 0 Å². The van der Waals surface area contributed by atoms with Gasteiger partial charge in [-0.3, -0.25) is 4.90 Å². The second kappa shape index (κ2) is 8.16. The first kappa shape index (κ1) is 16.8. The molecular weight excluding hydrogens is 304 g/mol. The van der Waals surface area contributed by atoms with Gasteiger partial charge in [-0.2, -0.15) is 0 Å². The van der Waals surface area contributed by atoms with Crippen LogP contribution in [0.3, 0.4) is 0 Å². The molecule has 1 aliphatic carbocycles. The molecule has 132 valence electrons. The molecule has 0 spiro atoms. The van der Waals surface area contributed by atoms with Gasteiger partial charge in [-0.25, -0.2) is 0 Å². The van der Waals surface area contributed by atoms with Crippen molar-refractivity contribution in [2.75, 3.05) is 13.1 Å². The molecule has 2 aromatic rings. The van der Waals surface area contributed by atoms with E-state index in [2.05, 4.69) is 70.9 Å². The number of rotatable bonds is 5. The maximum atomic E-state index is 4.02. The number of likely N-dealkylation sites (tertiary alicyclic amines) is 1. The third kappa shape index (κ3) is 4.31. The molecule has 25 heavy (non-hydrogen) atoms. The minimum absolute atomic E-state index is 0.597. The number of benzene rings is 2. The Balaban J connectivity index is 1.47. The molecule has 1 heterocycles. The quantitative estimate of drug-likeness (QED) is 0.861. The van der Waals surface area contributed by atoms with Gasteiger partial charge in [-0.15, -0.1) is 0 Å². The lowest BCUT2D eigenvalue weighted by Gasteiger charge is -2.40. The van der Waals surface area contributed by atoms with Crippen LogP contribution in [0.1, 0.15) is 49.1 Å². The average Bonchev–Trinajstić information content (AvgIpc) is 3.18. The van der Waals surface area contributed by atoms with E-state index in [9.17, 15) is 0 Å². The molecule has 4 rings (SSSR count). The highest BCUT2D eigenvalue weighted by molar-refractivity contribution is 5.23. The molecule has 0 amide bonds. The largest absolute Gasteiger partial charge is 0.311 e. The Morgan fingerprint density at radius 2 is 1.52 bits per heavy atom. The molecule has 2 fully saturated rings. The average molecular weight is 335 g/mol. The van der Waals surface area contributed by atoms with Crippen LogP contribution in [0.4, 0.5) is 0 Å². The minimum atomic E-state index is 0.597. The molecule has 1 aliphatic heterocycles. The van der Waals surface area contributed by atoms with Crippen molar-refractivity contribution >= 4 is 0 Å². The number of hydrogen-bond acceptors (Lipinski definition) is 2. The summed E-state index contributed by atoms with van der Waals surface area (Å²) in [5.41, 5.74) is 2.92. The zero-order valence-corrected chi connectivity index (χ0v) is 15.1. The van der Waals surface area contributed by atoms with Gasteiger partial charge in [0.05, 0.1) is 0 Å². The van der Waals surface area contributed by atoms with E-state index < -0.39 is 0 Å².